The number of hydrogen-bond donors (Lipinski definition) is 0. The standard InChI is InChI=1S/C15H19NO5/c1-19-7-8-20-11-14(17)16-13(10-21-15(16)18)9-12-5-3-2-4-6-12/h2-6,13H,7-11H2,1H3/t13-/m0/s1. The molecule has 1 fully saturated rings. The van der Waals surface area contributed by atoms with Gasteiger partial charge in [0.1, 0.15) is 13.2 Å². The molecule has 1 aromatic rings. The second-order valence-corrected chi connectivity index (χ2v) is 4.73. The molecule has 0 saturated carbocycles. The third-order valence-corrected chi connectivity index (χ3v) is 3.20. The molecule has 0 spiro atoms. The number of carbonyl (C=O) groups is 2. The second kappa shape index (κ2) is 7.75. The number of amides is 2. The van der Waals surface area contributed by atoms with Gasteiger partial charge in [-0.3, -0.25) is 4.79 Å². The molecule has 1 aromatic carbocycles. The van der Waals surface area contributed by atoms with Crippen LogP contribution in [0.15, 0.2) is 30.3 Å². The highest BCUT2D eigenvalue weighted by molar-refractivity contribution is 5.94. The predicted molar refractivity (Wildman–Crippen MR) is 74.8 cm³/mol. The highest BCUT2D eigenvalue weighted by Crippen LogP contribution is 2.17. The van der Waals surface area contributed by atoms with Gasteiger partial charge in [-0.05, 0) is 12.0 Å². The van der Waals surface area contributed by atoms with Crippen molar-refractivity contribution in [3.63, 3.8) is 0 Å². The summed E-state index contributed by atoms with van der Waals surface area (Å²) in [6.07, 6.45) is -0.0209. The van der Waals surface area contributed by atoms with Gasteiger partial charge in [-0.2, -0.15) is 0 Å². The lowest BCUT2D eigenvalue weighted by molar-refractivity contribution is -0.134. The van der Waals surface area contributed by atoms with Crippen LogP contribution in [0.25, 0.3) is 0 Å². The van der Waals surface area contributed by atoms with Crippen molar-refractivity contribution < 1.29 is 23.8 Å². The van der Waals surface area contributed by atoms with E-state index in [1.165, 1.54) is 0 Å². The second-order valence-electron chi connectivity index (χ2n) is 4.73. The predicted octanol–water partition coefficient (Wildman–Crippen LogP) is 1.24. The summed E-state index contributed by atoms with van der Waals surface area (Å²) in [5.74, 6) is -0.380. The van der Waals surface area contributed by atoms with Crippen molar-refractivity contribution in [1.82, 2.24) is 4.90 Å². The van der Waals surface area contributed by atoms with Crippen LogP contribution in [0.2, 0.25) is 0 Å². The Labute approximate surface area is 123 Å². The van der Waals surface area contributed by atoms with Gasteiger partial charge in [0.25, 0.3) is 5.91 Å². The summed E-state index contributed by atoms with van der Waals surface area (Å²) in [5, 5.41) is 0. The van der Waals surface area contributed by atoms with Crippen molar-refractivity contribution in [3.05, 3.63) is 35.9 Å². The first-order valence-electron chi connectivity index (χ1n) is 6.82. The van der Waals surface area contributed by atoms with E-state index in [1.807, 2.05) is 30.3 Å². The number of carbonyl (C=O) groups excluding carboxylic acids is 2. The lowest BCUT2D eigenvalue weighted by atomic mass is 10.1. The molecule has 1 heterocycles. The van der Waals surface area contributed by atoms with Gasteiger partial charge in [-0.1, -0.05) is 30.3 Å². The van der Waals surface area contributed by atoms with Crippen molar-refractivity contribution in [1.29, 1.82) is 0 Å². The largest absolute Gasteiger partial charge is 0.447 e. The number of rotatable bonds is 7. The molecule has 21 heavy (non-hydrogen) atoms. The summed E-state index contributed by atoms with van der Waals surface area (Å²) in [6.45, 7) is 0.793. The van der Waals surface area contributed by atoms with Crippen LogP contribution in [-0.4, -0.2) is 56.5 Å². The Balaban J connectivity index is 1.92. The van der Waals surface area contributed by atoms with Crippen LogP contribution < -0.4 is 0 Å². The molecule has 1 aliphatic rings. The van der Waals surface area contributed by atoms with Crippen molar-refractivity contribution >= 4 is 12.0 Å². The lowest BCUT2D eigenvalue weighted by Gasteiger charge is -2.19. The fraction of sp³-hybridized carbons (Fsp3) is 0.467. The van der Waals surface area contributed by atoms with Gasteiger partial charge in [0.15, 0.2) is 0 Å². The van der Waals surface area contributed by atoms with E-state index in [4.69, 9.17) is 14.2 Å². The average Bonchev–Trinajstić information content (AvgIpc) is 2.85. The number of ether oxygens (including phenoxy) is 3. The van der Waals surface area contributed by atoms with Crippen LogP contribution in [0.5, 0.6) is 0 Å². The van der Waals surface area contributed by atoms with E-state index >= 15 is 0 Å². The number of imide groups is 1. The molecule has 2 rings (SSSR count). The quantitative estimate of drug-likeness (QED) is 0.708. The number of methoxy groups -OCH3 is 1. The van der Waals surface area contributed by atoms with E-state index in [2.05, 4.69) is 0 Å². The number of nitrogens with zero attached hydrogens (tertiary/aromatic N) is 1. The van der Waals surface area contributed by atoms with E-state index in [1.54, 1.807) is 7.11 Å². The Morgan fingerprint density at radius 2 is 2.10 bits per heavy atom. The maximum Gasteiger partial charge on any atom is 0.417 e. The fourth-order valence-electron chi connectivity index (χ4n) is 2.17. The van der Waals surface area contributed by atoms with Gasteiger partial charge in [0.2, 0.25) is 0 Å². The monoisotopic (exact) mass is 293 g/mol. The van der Waals surface area contributed by atoms with Crippen molar-refractivity contribution in [3.8, 4) is 0 Å². The number of hydrogen-bond acceptors (Lipinski definition) is 5. The van der Waals surface area contributed by atoms with E-state index in [0.717, 1.165) is 10.5 Å². The molecule has 1 aliphatic heterocycles. The zero-order chi connectivity index (χ0) is 15.1. The molecular formula is C15H19NO5. The van der Waals surface area contributed by atoms with Gasteiger partial charge in [-0.15, -0.1) is 0 Å². The van der Waals surface area contributed by atoms with Crippen molar-refractivity contribution in [2.24, 2.45) is 0 Å². The SMILES string of the molecule is COCCOCC(=O)N1C(=O)OC[C@@H]1Cc1ccccc1. The molecule has 0 N–H and O–H groups in total. The topological polar surface area (TPSA) is 65.1 Å². The van der Waals surface area contributed by atoms with Crippen LogP contribution in [0, 0.1) is 0 Å². The summed E-state index contributed by atoms with van der Waals surface area (Å²) in [7, 11) is 1.55. The molecule has 6 heteroatoms. The zero-order valence-corrected chi connectivity index (χ0v) is 12.0. The van der Waals surface area contributed by atoms with Crippen LogP contribution in [-0.2, 0) is 25.4 Å². The highest BCUT2D eigenvalue weighted by atomic mass is 16.6. The van der Waals surface area contributed by atoms with E-state index < -0.39 is 6.09 Å². The molecule has 0 bridgehead atoms. The van der Waals surface area contributed by atoms with Gasteiger partial charge in [0.05, 0.1) is 19.3 Å². The molecule has 0 aliphatic carbocycles. The van der Waals surface area contributed by atoms with E-state index in [-0.39, 0.29) is 25.2 Å². The average molecular weight is 293 g/mol. The molecule has 1 atom stereocenters. The summed E-state index contributed by atoms with van der Waals surface area (Å²) in [5.41, 5.74) is 1.05. The fourth-order valence-corrected chi connectivity index (χ4v) is 2.17. The van der Waals surface area contributed by atoms with Crippen LogP contribution in [0.1, 0.15) is 5.56 Å². The molecule has 2 amide bonds. The Morgan fingerprint density at radius 1 is 1.33 bits per heavy atom. The van der Waals surface area contributed by atoms with Crippen LogP contribution in [0.3, 0.4) is 0 Å². The van der Waals surface area contributed by atoms with Gasteiger partial charge < -0.3 is 14.2 Å². The van der Waals surface area contributed by atoms with Gasteiger partial charge in [-0.25, -0.2) is 9.69 Å². The van der Waals surface area contributed by atoms with Crippen molar-refractivity contribution in [2.75, 3.05) is 33.5 Å². The molecule has 0 unspecified atom stereocenters. The maximum absolute atomic E-state index is 12.1. The lowest BCUT2D eigenvalue weighted by Crippen LogP contribution is -2.42. The molecule has 114 valence electrons. The molecular weight excluding hydrogens is 274 g/mol. The summed E-state index contributed by atoms with van der Waals surface area (Å²) < 4.78 is 15.0. The Kier molecular flexibility index (Phi) is 5.71. The third kappa shape index (κ3) is 4.27. The van der Waals surface area contributed by atoms with E-state index in [9.17, 15) is 9.59 Å². The minimum absolute atomic E-state index is 0.149. The molecule has 1 saturated heterocycles. The number of benzene rings is 1. The Hall–Kier alpha value is -1.92. The third-order valence-electron chi connectivity index (χ3n) is 3.20. The van der Waals surface area contributed by atoms with Crippen LogP contribution >= 0.6 is 0 Å². The van der Waals surface area contributed by atoms with Crippen LogP contribution in [0.4, 0.5) is 4.79 Å². The number of cyclic esters (lactones) is 1. The van der Waals surface area contributed by atoms with Gasteiger partial charge >= 0.3 is 6.09 Å². The maximum atomic E-state index is 12.1. The summed E-state index contributed by atoms with van der Waals surface area (Å²) in [6, 6.07) is 9.41. The zero-order valence-electron chi connectivity index (χ0n) is 12.0. The summed E-state index contributed by atoms with van der Waals surface area (Å²) in [4.78, 5) is 24.9. The molecule has 6 nitrogen and oxygen atoms in total. The van der Waals surface area contributed by atoms with Gasteiger partial charge in [0, 0.05) is 7.11 Å². The minimum Gasteiger partial charge on any atom is -0.447 e. The Morgan fingerprint density at radius 3 is 2.81 bits per heavy atom. The minimum atomic E-state index is -0.601. The molecule has 0 radical (unpaired) electrons. The normalized spacial score (nSPS) is 17.9. The summed E-state index contributed by atoms with van der Waals surface area (Å²) >= 11 is 0. The first-order chi connectivity index (χ1) is 10.2. The smallest absolute Gasteiger partial charge is 0.417 e. The first kappa shape index (κ1) is 15.5. The Bertz CT molecular complexity index is 476. The van der Waals surface area contributed by atoms with Crippen molar-refractivity contribution in [2.45, 2.75) is 12.5 Å². The molecule has 0 aromatic heterocycles. The first-order valence-corrected chi connectivity index (χ1v) is 6.82. The van der Waals surface area contributed by atoms with E-state index in [0.29, 0.717) is 19.6 Å². The highest BCUT2D eigenvalue weighted by Gasteiger charge is 2.37.